The maximum absolute atomic E-state index is 13.6. The summed E-state index contributed by atoms with van der Waals surface area (Å²) in [5.74, 6) is -0.318. The number of hydrogen-bond donors (Lipinski definition) is 1. The number of anilines is 1. The number of rotatable bonds is 7. The largest absolute Gasteiger partial charge is 0.329 e. The van der Waals surface area contributed by atoms with Crippen molar-refractivity contribution in [3.8, 4) is 17.2 Å². The third-order valence-corrected chi connectivity index (χ3v) is 7.91. The minimum Gasteiger partial charge on any atom is -0.329 e. The molecular formula is C31H30Cl2N4O2. The molecule has 8 heteroatoms. The Balaban J connectivity index is 1.35. The second-order valence-electron chi connectivity index (χ2n) is 10.3. The maximum Gasteiger partial charge on any atom is 0.244 e. The van der Waals surface area contributed by atoms with Crippen LogP contribution in [-0.2, 0) is 22.4 Å². The molecule has 2 aliphatic rings. The van der Waals surface area contributed by atoms with Crippen molar-refractivity contribution in [1.29, 1.82) is 5.26 Å². The highest BCUT2D eigenvalue weighted by molar-refractivity contribution is 6.35. The minimum absolute atomic E-state index is 0.0315. The number of hydrogen-bond acceptors (Lipinski definition) is 4. The molecule has 1 N–H and O–H groups in total. The Labute approximate surface area is 239 Å². The van der Waals surface area contributed by atoms with Gasteiger partial charge in [-0.3, -0.25) is 14.5 Å². The van der Waals surface area contributed by atoms with Gasteiger partial charge >= 0.3 is 0 Å². The van der Waals surface area contributed by atoms with E-state index in [2.05, 4.69) is 34.5 Å². The first-order chi connectivity index (χ1) is 18.9. The van der Waals surface area contributed by atoms with E-state index < -0.39 is 0 Å². The number of halogens is 2. The number of benzene rings is 3. The highest BCUT2D eigenvalue weighted by Crippen LogP contribution is 2.31. The number of nitrogens with one attached hydrogen (secondary N) is 1. The number of carbonyl (C=O) groups is 2. The second-order valence-corrected chi connectivity index (χ2v) is 11.2. The van der Waals surface area contributed by atoms with E-state index in [-0.39, 0.29) is 24.4 Å². The monoisotopic (exact) mass is 560 g/mol. The molecular weight excluding hydrogens is 531 g/mol. The van der Waals surface area contributed by atoms with Gasteiger partial charge in [0, 0.05) is 21.8 Å². The highest BCUT2D eigenvalue weighted by atomic mass is 35.5. The van der Waals surface area contributed by atoms with Gasteiger partial charge < -0.3 is 10.2 Å². The van der Waals surface area contributed by atoms with Crippen LogP contribution in [0.25, 0.3) is 11.1 Å². The first kappa shape index (κ1) is 27.2. The lowest BCUT2D eigenvalue weighted by molar-refractivity contribution is -0.138. The van der Waals surface area contributed by atoms with Crippen LogP contribution in [0.1, 0.15) is 36.0 Å². The maximum atomic E-state index is 13.6. The van der Waals surface area contributed by atoms with Crippen molar-refractivity contribution < 1.29 is 9.59 Å². The van der Waals surface area contributed by atoms with Gasteiger partial charge in [0.1, 0.15) is 6.54 Å². The number of carbonyl (C=O) groups excluding carboxylic acids is 2. The van der Waals surface area contributed by atoms with Gasteiger partial charge in [-0.1, -0.05) is 60.0 Å². The SMILES string of the molecule is N#Cc1cccc(-c2ccc3c(c2)CC(N(CC(=O)Nc2cc(Cl)cc(Cl)c2)C(=O)CN2CCCCC2)C3)c1. The normalized spacial score (nSPS) is 16.8. The van der Waals surface area contributed by atoms with Crippen LogP contribution in [0.4, 0.5) is 5.69 Å². The Hall–Kier alpha value is -3.37. The fourth-order valence-electron chi connectivity index (χ4n) is 5.56. The van der Waals surface area contributed by atoms with Crippen LogP contribution < -0.4 is 5.32 Å². The Morgan fingerprint density at radius 2 is 1.64 bits per heavy atom. The van der Waals surface area contributed by atoms with Crippen molar-refractivity contribution in [3.05, 3.63) is 87.4 Å². The van der Waals surface area contributed by atoms with Crippen LogP contribution >= 0.6 is 23.2 Å². The smallest absolute Gasteiger partial charge is 0.244 e. The zero-order valence-electron chi connectivity index (χ0n) is 21.6. The van der Waals surface area contributed by atoms with E-state index >= 15 is 0 Å². The Kier molecular flexibility index (Phi) is 8.52. The third kappa shape index (κ3) is 6.80. The molecule has 6 nitrogen and oxygen atoms in total. The van der Waals surface area contributed by atoms with Crippen LogP contribution in [0.5, 0.6) is 0 Å². The molecule has 1 atom stereocenters. The van der Waals surface area contributed by atoms with E-state index in [1.165, 1.54) is 12.0 Å². The summed E-state index contributed by atoms with van der Waals surface area (Å²) >= 11 is 12.2. The van der Waals surface area contributed by atoms with Crippen molar-refractivity contribution in [2.24, 2.45) is 0 Å². The summed E-state index contributed by atoms with van der Waals surface area (Å²) in [6, 6.07) is 20.8. The first-order valence-corrected chi connectivity index (χ1v) is 14.0. The fourth-order valence-corrected chi connectivity index (χ4v) is 6.09. The Morgan fingerprint density at radius 1 is 0.923 bits per heavy atom. The van der Waals surface area contributed by atoms with Crippen LogP contribution in [0.15, 0.2) is 60.7 Å². The lowest BCUT2D eigenvalue weighted by atomic mass is 9.99. The molecule has 0 spiro atoms. The zero-order chi connectivity index (χ0) is 27.4. The number of nitriles is 1. The molecule has 1 aliphatic heterocycles. The molecule has 0 saturated carbocycles. The zero-order valence-corrected chi connectivity index (χ0v) is 23.1. The minimum atomic E-state index is -0.287. The average molecular weight is 562 g/mol. The van der Waals surface area contributed by atoms with Gasteiger partial charge in [-0.2, -0.15) is 5.26 Å². The summed E-state index contributed by atoms with van der Waals surface area (Å²) in [4.78, 5) is 30.7. The predicted octanol–water partition coefficient (Wildman–Crippen LogP) is 5.95. The summed E-state index contributed by atoms with van der Waals surface area (Å²) in [6.45, 7) is 2.08. The molecule has 1 unspecified atom stereocenters. The lowest BCUT2D eigenvalue weighted by Crippen LogP contribution is -2.50. The Bertz CT molecular complexity index is 1410. The summed E-state index contributed by atoms with van der Waals surface area (Å²) in [5, 5.41) is 13.0. The third-order valence-electron chi connectivity index (χ3n) is 7.47. The summed E-state index contributed by atoms with van der Waals surface area (Å²) < 4.78 is 0. The lowest BCUT2D eigenvalue weighted by Gasteiger charge is -2.32. The fraction of sp³-hybridized carbons (Fsp3) is 0.323. The van der Waals surface area contributed by atoms with Gasteiger partial charge in [0.2, 0.25) is 11.8 Å². The van der Waals surface area contributed by atoms with Crippen LogP contribution in [0.2, 0.25) is 10.0 Å². The molecule has 3 aromatic carbocycles. The van der Waals surface area contributed by atoms with Gasteiger partial charge in [-0.05, 0) is 91.4 Å². The summed E-state index contributed by atoms with van der Waals surface area (Å²) in [5.41, 5.74) is 5.48. The molecule has 1 saturated heterocycles. The predicted molar refractivity (Wildman–Crippen MR) is 155 cm³/mol. The average Bonchev–Trinajstić information content (AvgIpc) is 3.35. The number of piperidine rings is 1. The standard InChI is InChI=1S/C31H30Cl2N4O2/c32-26-15-27(33)17-28(16-26)35-30(38)19-37(31(39)20-36-9-2-1-3-10-36)29-13-24-8-7-23(12-25(24)14-29)22-6-4-5-21(11-22)18-34/h4-8,11-12,15-17,29H,1-3,9-10,13-14,19-20H2,(H,35,38). The van der Waals surface area contributed by atoms with Gasteiger partial charge in [-0.15, -0.1) is 0 Å². The number of amides is 2. The second kappa shape index (κ2) is 12.2. The molecule has 1 fully saturated rings. The van der Waals surface area contributed by atoms with Gasteiger partial charge in [0.05, 0.1) is 18.2 Å². The number of fused-ring (bicyclic) bond motifs is 1. The molecule has 0 radical (unpaired) electrons. The van der Waals surface area contributed by atoms with Crippen LogP contribution in [0.3, 0.4) is 0 Å². The molecule has 1 aliphatic carbocycles. The molecule has 39 heavy (non-hydrogen) atoms. The Morgan fingerprint density at radius 3 is 2.38 bits per heavy atom. The van der Waals surface area contributed by atoms with Crippen LogP contribution in [0, 0.1) is 11.3 Å². The van der Waals surface area contributed by atoms with E-state index in [0.29, 0.717) is 40.7 Å². The number of likely N-dealkylation sites (tertiary alicyclic amines) is 1. The van der Waals surface area contributed by atoms with E-state index in [1.807, 2.05) is 18.2 Å². The van der Waals surface area contributed by atoms with Gasteiger partial charge in [0.15, 0.2) is 0 Å². The van der Waals surface area contributed by atoms with Crippen molar-refractivity contribution in [3.63, 3.8) is 0 Å². The van der Waals surface area contributed by atoms with E-state index in [0.717, 1.165) is 42.6 Å². The molecule has 0 bridgehead atoms. The van der Waals surface area contributed by atoms with Crippen molar-refractivity contribution >= 4 is 40.7 Å². The first-order valence-electron chi connectivity index (χ1n) is 13.3. The van der Waals surface area contributed by atoms with E-state index in [1.54, 1.807) is 29.2 Å². The van der Waals surface area contributed by atoms with Gasteiger partial charge in [0.25, 0.3) is 0 Å². The van der Waals surface area contributed by atoms with Crippen molar-refractivity contribution in [1.82, 2.24) is 9.80 Å². The molecule has 0 aromatic heterocycles. The van der Waals surface area contributed by atoms with E-state index in [4.69, 9.17) is 23.2 Å². The molecule has 5 rings (SSSR count). The van der Waals surface area contributed by atoms with Crippen LogP contribution in [-0.4, -0.2) is 53.8 Å². The summed E-state index contributed by atoms with van der Waals surface area (Å²) in [6.07, 6.45) is 4.73. The summed E-state index contributed by atoms with van der Waals surface area (Å²) in [7, 11) is 0. The molecule has 1 heterocycles. The highest BCUT2D eigenvalue weighted by Gasteiger charge is 2.32. The number of nitrogens with zero attached hydrogens (tertiary/aromatic N) is 3. The van der Waals surface area contributed by atoms with Crippen molar-refractivity contribution in [2.75, 3.05) is 31.5 Å². The van der Waals surface area contributed by atoms with E-state index in [9.17, 15) is 14.9 Å². The molecule has 2 amide bonds. The quantitative estimate of drug-likeness (QED) is 0.387. The molecule has 3 aromatic rings. The molecule has 200 valence electrons. The van der Waals surface area contributed by atoms with Crippen molar-refractivity contribution in [2.45, 2.75) is 38.1 Å². The topological polar surface area (TPSA) is 76.4 Å². The van der Waals surface area contributed by atoms with Gasteiger partial charge in [-0.25, -0.2) is 0 Å².